The van der Waals surface area contributed by atoms with Gasteiger partial charge >= 0.3 is 0 Å². The number of H-pyrrole nitrogens is 1. The van der Waals surface area contributed by atoms with Crippen molar-refractivity contribution in [3.63, 3.8) is 0 Å². The van der Waals surface area contributed by atoms with Crippen molar-refractivity contribution in [1.29, 1.82) is 0 Å². The van der Waals surface area contributed by atoms with Gasteiger partial charge in [0.25, 0.3) is 11.8 Å². The maximum Gasteiger partial charge on any atom is 0.273 e. The fraction of sp³-hybridized carbons (Fsp3) is 0.353. The molecule has 2 aromatic rings. The Hall–Kier alpha value is -1.90. The average molecular weight is 443 g/mol. The first kappa shape index (κ1) is 20.4. The lowest BCUT2D eigenvalue weighted by molar-refractivity contribution is 0.0926. The van der Waals surface area contributed by atoms with E-state index in [4.69, 9.17) is 11.6 Å². The first-order valence-corrected chi connectivity index (χ1v) is 9.29. The van der Waals surface area contributed by atoms with Crippen LogP contribution in [0, 0.1) is 0 Å². The summed E-state index contributed by atoms with van der Waals surface area (Å²) in [4.78, 5) is 26.8. The molecule has 0 unspecified atom stereocenters. The maximum atomic E-state index is 12.4. The number of halogens is 2. The minimum Gasteiger partial charge on any atom is -0.347 e. The van der Waals surface area contributed by atoms with Gasteiger partial charge in [-0.05, 0) is 48.6 Å². The normalized spacial score (nSPS) is 12.1. The zero-order valence-electron chi connectivity index (χ0n) is 14.8. The number of amides is 2. The van der Waals surface area contributed by atoms with E-state index in [1.807, 2.05) is 20.9 Å². The van der Waals surface area contributed by atoms with Crippen LogP contribution in [0.25, 0.3) is 0 Å². The van der Waals surface area contributed by atoms with Crippen molar-refractivity contribution < 1.29 is 9.59 Å². The van der Waals surface area contributed by atoms with Crippen LogP contribution in [0.15, 0.2) is 28.7 Å². The summed E-state index contributed by atoms with van der Waals surface area (Å²) in [5.74, 6) is -0.438. The number of anilines is 1. The highest BCUT2D eigenvalue weighted by molar-refractivity contribution is 9.10. The number of carbonyl (C=O) groups excluding carboxylic acids is 2. The number of aromatic nitrogens is 2. The van der Waals surface area contributed by atoms with E-state index in [1.165, 1.54) is 0 Å². The Bertz CT molecular complexity index is 795. The van der Waals surface area contributed by atoms with Crippen molar-refractivity contribution in [2.24, 2.45) is 0 Å². The molecular formula is C17H21BrClN5O2. The Morgan fingerprint density at radius 3 is 2.69 bits per heavy atom. The molecule has 140 valence electrons. The maximum absolute atomic E-state index is 12.4. The molecule has 9 heteroatoms. The number of hydrogen-bond acceptors (Lipinski definition) is 4. The molecule has 3 N–H and O–H groups in total. The Morgan fingerprint density at radius 1 is 1.35 bits per heavy atom. The molecule has 0 aliphatic rings. The standard InChI is InChI=1S/C17H21BrClN5O2/c1-4-24(3)9-10(2)20-17(26)14-13(18)15(23-22-14)21-16(25)11-7-5-6-8-12(11)19/h5-8,10H,4,9H2,1-3H3,(H,20,26)(H2,21,22,23,25)/t10-/m1/s1. The second-order valence-electron chi connectivity index (χ2n) is 5.92. The van der Waals surface area contributed by atoms with Crippen LogP contribution in [0.1, 0.15) is 34.7 Å². The molecule has 0 radical (unpaired) electrons. The van der Waals surface area contributed by atoms with Crippen LogP contribution in [0.2, 0.25) is 5.02 Å². The van der Waals surface area contributed by atoms with E-state index < -0.39 is 5.91 Å². The topological polar surface area (TPSA) is 90.1 Å². The lowest BCUT2D eigenvalue weighted by Crippen LogP contribution is -2.40. The summed E-state index contributed by atoms with van der Waals surface area (Å²) in [6.07, 6.45) is 0. The largest absolute Gasteiger partial charge is 0.347 e. The molecule has 1 aromatic heterocycles. The number of rotatable bonds is 7. The number of nitrogens with one attached hydrogen (secondary N) is 3. The molecule has 1 heterocycles. The minimum atomic E-state index is -0.398. The Balaban J connectivity index is 2.06. The summed E-state index contributed by atoms with van der Waals surface area (Å²) in [7, 11) is 1.98. The van der Waals surface area contributed by atoms with Gasteiger partial charge in [-0.15, -0.1) is 0 Å². The van der Waals surface area contributed by atoms with Gasteiger partial charge in [-0.2, -0.15) is 5.10 Å². The number of carbonyl (C=O) groups is 2. The summed E-state index contributed by atoms with van der Waals surface area (Å²) >= 11 is 9.34. The Labute approximate surface area is 165 Å². The molecule has 1 aromatic carbocycles. The number of benzene rings is 1. The number of aromatic amines is 1. The first-order valence-electron chi connectivity index (χ1n) is 8.12. The van der Waals surface area contributed by atoms with E-state index in [2.05, 4.69) is 41.7 Å². The molecular weight excluding hydrogens is 422 g/mol. The molecule has 26 heavy (non-hydrogen) atoms. The predicted molar refractivity (Wildman–Crippen MR) is 106 cm³/mol. The van der Waals surface area contributed by atoms with Gasteiger partial charge in [-0.1, -0.05) is 30.7 Å². The van der Waals surface area contributed by atoms with Crippen LogP contribution in [-0.4, -0.2) is 53.1 Å². The number of hydrogen-bond donors (Lipinski definition) is 3. The molecule has 2 amide bonds. The zero-order chi connectivity index (χ0) is 19.3. The molecule has 0 aliphatic heterocycles. The summed E-state index contributed by atoms with van der Waals surface area (Å²) in [6, 6.07) is 6.66. The molecule has 0 aliphatic carbocycles. The van der Waals surface area contributed by atoms with E-state index >= 15 is 0 Å². The van der Waals surface area contributed by atoms with Gasteiger partial charge in [0.05, 0.1) is 15.1 Å². The highest BCUT2D eigenvalue weighted by Crippen LogP contribution is 2.25. The van der Waals surface area contributed by atoms with Crippen molar-refractivity contribution in [2.75, 3.05) is 25.5 Å². The van der Waals surface area contributed by atoms with Gasteiger partial charge in [0.1, 0.15) is 5.82 Å². The van der Waals surface area contributed by atoms with Crippen molar-refractivity contribution in [3.8, 4) is 0 Å². The molecule has 0 saturated heterocycles. The van der Waals surface area contributed by atoms with Crippen LogP contribution in [0.3, 0.4) is 0 Å². The highest BCUT2D eigenvalue weighted by atomic mass is 79.9. The quantitative estimate of drug-likeness (QED) is 0.614. The smallest absolute Gasteiger partial charge is 0.273 e. The van der Waals surface area contributed by atoms with Gasteiger partial charge in [-0.25, -0.2) is 0 Å². The molecule has 0 saturated carbocycles. The third-order valence-electron chi connectivity index (χ3n) is 3.78. The summed E-state index contributed by atoms with van der Waals surface area (Å²) in [5.41, 5.74) is 0.503. The number of likely N-dealkylation sites (N-methyl/N-ethyl adjacent to an activating group) is 1. The monoisotopic (exact) mass is 441 g/mol. The fourth-order valence-corrected chi connectivity index (χ4v) is 3.00. The van der Waals surface area contributed by atoms with E-state index in [0.29, 0.717) is 20.9 Å². The van der Waals surface area contributed by atoms with Crippen molar-refractivity contribution >= 4 is 45.2 Å². The summed E-state index contributed by atoms with van der Waals surface area (Å²) < 4.78 is 0.381. The van der Waals surface area contributed by atoms with Gasteiger partial charge in [0.2, 0.25) is 0 Å². The Morgan fingerprint density at radius 2 is 2.04 bits per heavy atom. The van der Waals surface area contributed by atoms with Gasteiger partial charge < -0.3 is 15.5 Å². The van der Waals surface area contributed by atoms with Crippen LogP contribution < -0.4 is 10.6 Å². The molecule has 0 fully saturated rings. The summed E-state index contributed by atoms with van der Waals surface area (Å²) in [5, 5.41) is 12.5. The SMILES string of the molecule is CCN(C)C[C@@H](C)NC(=O)c1n[nH]c(NC(=O)c2ccccc2Cl)c1Br. The molecule has 0 spiro atoms. The third kappa shape index (κ3) is 5.06. The zero-order valence-corrected chi connectivity index (χ0v) is 17.1. The van der Waals surface area contributed by atoms with Crippen molar-refractivity contribution in [3.05, 3.63) is 45.0 Å². The van der Waals surface area contributed by atoms with E-state index in [9.17, 15) is 9.59 Å². The fourth-order valence-electron chi connectivity index (χ4n) is 2.32. The average Bonchev–Trinajstić information content (AvgIpc) is 2.95. The van der Waals surface area contributed by atoms with Gasteiger partial charge in [-0.3, -0.25) is 14.7 Å². The lowest BCUT2D eigenvalue weighted by Gasteiger charge is -2.20. The molecule has 7 nitrogen and oxygen atoms in total. The van der Waals surface area contributed by atoms with Crippen LogP contribution in [0.4, 0.5) is 5.82 Å². The first-order chi connectivity index (χ1) is 12.3. The molecule has 2 rings (SSSR count). The second-order valence-corrected chi connectivity index (χ2v) is 7.12. The van der Waals surface area contributed by atoms with Gasteiger partial charge in [0, 0.05) is 12.6 Å². The molecule has 0 bridgehead atoms. The van der Waals surface area contributed by atoms with Crippen LogP contribution in [0.5, 0.6) is 0 Å². The van der Waals surface area contributed by atoms with Crippen molar-refractivity contribution in [1.82, 2.24) is 20.4 Å². The highest BCUT2D eigenvalue weighted by Gasteiger charge is 2.21. The van der Waals surface area contributed by atoms with E-state index in [1.54, 1.807) is 24.3 Å². The van der Waals surface area contributed by atoms with E-state index in [-0.39, 0.29) is 17.6 Å². The van der Waals surface area contributed by atoms with Crippen LogP contribution >= 0.6 is 27.5 Å². The third-order valence-corrected chi connectivity index (χ3v) is 4.88. The number of nitrogens with zero attached hydrogens (tertiary/aromatic N) is 2. The summed E-state index contributed by atoms with van der Waals surface area (Å²) in [6.45, 7) is 5.59. The molecule has 1 atom stereocenters. The second kappa shape index (κ2) is 9.16. The predicted octanol–water partition coefficient (Wildman–Crippen LogP) is 3.15. The van der Waals surface area contributed by atoms with Crippen molar-refractivity contribution in [2.45, 2.75) is 19.9 Å². The van der Waals surface area contributed by atoms with E-state index in [0.717, 1.165) is 13.1 Å². The van der Waals surface area contributed by atoms with Crippen LogP contribution in [-0.2, 0) is 0 Å². The Kier molecular flexibility index (Phi) is 7.19. The lowest BCUT2D eigenvalue weighted by atomic mass is 10.2. The van der Waals surface area contributed by atoms with Gasteiger partial charge in [0.15, 0.2) is 5.69 Å². The minimum absolute atomic E-state index is 0.0442.